The molecule has 0 unspecified atom stereocenters. The van der Waals surface area contributed by atoms with Crippen molar-refractivity contribution in [1.82, 2.24) is 5.32 Å². The van der Waals surface area contributed by atoms with E-state index in [1.807, 2.05) is 0 Å². The minimum absolute atomic E-state index is 0.329. The predicted octanol–water partition coefficient (Wildman–Crippen LogP) is 2.68. The highest BCUT2D eigenvalue weighted by atomic mass is 35.5. The summed E-state index contributed by atoms with van der Waals surface area (Å²) >= 11 is 11.5. The second-order valence-corrected chi connectivity index (χ2v) is 4.29. The van der Waals surface area contributed by atoms with Gasteiger partial charge in [0, 0.05) is 5.69 Å². The molecule has 7 heteroatoms. The fraction of sp³-hybridized carbons (Fsp3) is 0.273. The lowest BCUT2D eigenvalue weighted by Gasteiger charge is -2.12. The van der Waals surface area contributed by atoms with E-state index in [-0.39, 0.29) is 0 Å². The number of methoxy groups -OCH3 is 1. The number of urea groups is 1. The zero-order valence-electron chi connectivity index (χ0n) is 9.79. The minimum atomic E-state index is -0.738. The molecule has 0 saturated carbocycles. The molecule has 0 fully saturated rings. The maximum absolute atomic E-state index is 11.5. The smallest absolute Gasteiger partial charge is 0.328 e. The standard InChI is InChI=1S/C11H12Cl2N2O3/c1-6(10(16)18-2)14-11(17)15-7-3-4-8(12)9(13)5-7/h3-6H,1-2H3,(H2,14,15,17)/t6-/m0/s1. The fourth-order valence-electron chi connectivity index (χ4n) is 1.17. The average Bonchev–Trinajstić information content (AvgIpc) is 2.32. The Morgan fingerprint density at radius 2 is 1.94 bits per heavy atom. The summed E-state index contributed by atoms with van der Waals surface area (Å²) < 4.78 is 4.48. The first-order valence-electron chi connectivity index (χ1n) is 5.04. The molecule has 98 valence electrons. The first-order valence-corrected chi connectivity index (χ1v) is 5.80. The highest BCUT2D eigenvalue weighted by molar-refractivity contribution is 6.42. The van der Waals surface area contributed by atoms with Gasteiger partial charge in [0.05, 0.1) is 17.2 Å². The average molecular weight is 291 g/mol. The SMILES string of the molecule is COC(=O)[C@H](C)NC(=O)Nc1ccc(Cl)c(Cl)c1. The summed E-state index contributed by atoms with van der Waals surface area (Å²) in [6.07, 6.45) is 0. The quantitative estimate of drug-likeness (QED) is 0.841. The Kier molecular flexibility index (Phi) is 5.25. The Morgan fingerprint density at radius 3 is 2.50 bits per heavy atom. The van der Waals surface area contributed by atoms with E-state index in [1.165, 1.54) is 20.1 Å². The van der Waals surface area contributed by atoms with Crippen molar-refractivity contribution in [2.45, 2.75) is 13.0 Å². The molecule has 0 saturated heterocycles. The van der Waals surface area contributed by atoms with Crippen molar-refractivity contribution in [3.05, 3.63) is 28.2 Å². The van der Waals surface area contributed by atoms with Crippen molar-refractivity contribution in [2.24, 2.45) is 0 Å². The van der Waals surface area contributed by atoms with E-state index < -0.39 is 18.0 Å². The summed E-state index contributed by atoms with van der Waals surface area (Å²) in [5, 5.41) is 5.65. The number of carbonyl (C=O) groups is 2. The normalized spacial score (nSPS) is 11.6. The van der Waals surface area contributed by atoms with Crippen molar-refractivity contribution in [2.75, 3.05) is 12.4 Å². The molecule has 0 bridgehead atoms. The van der Waals surface area contributed by atoms with Gasteiger partial charge in [0.25, 0.3) is 0 Å². The Bertz CT molecular complexity index is 466. The van der Waals surface area contributed by atoms with Crippen molar-refractivity contribution >= 4 is 40.9 Å². The molecule has 18 heavy (non-hydrogen) atoms. The summed E-state index contributed by atoms with van der Waals surface area (Å²) in [6, 6.07) is 3.38. The summed E-state index contributed by atoms with van der Waals surface area (Å²) in [4.78, 5) is 22.6. The number of hydrogen-bond donors (Lipinski definition) is 2. The molecule has 2 amide bonds. The molecule has 5 nitrogen and oxygen atoms in total. The van der Waals surface area contributed by atoms with E-state index in [2.05, 4.69) is 15.4 Å². The third-order valence-corrected chi connectivity index (χ3v) is 2.82. The molecule has 0 heterocycles. The van der Waals surface area contributed by atoms with Gasteiger partial charge in [0.15, 0.2) is 0 Å². The molecule has 1 aromatic rings. The van der Waals surface area contributed by atoms with Crippen LogP contribution in [0.1, 0.15) is 6.92 Å². The van der Waals surface area contributed by atoms with Gasteiger partial charge in [-0.05, 0) is 25.1 Å². The zero-order chi connectivity index (χ0) is 13.7. The third-order valence-electron chi connectivity index (χ3n) is 2.08. The number of carbonyl (C=O) groups excluding carboxylic acids is 2. The van der Waals surface area contributed by atoms with Crippen molar-refractivity contribution in [1.29, 1.82) is 0 Å². The van der Waals surface area contributed by atoms with Gasteiger partial charge in [-0.3, -0.25) is 0 Å². The van der Waals surface area contributed by atoms with Crippen molar-refractivity contribution < 1.29 is 14.3 Å². The monoisotopic (exact) mass is 290 g/mol. The number of hydrogen-bond acceptors (Lipinski definition) is 3. The number of ether oxygens (including phenoxy) is 1. The summed E-state index contributed by atoms with van der Waals surface area (Å²) in [5.41, 5.74) is 0.471. The van der Waals surface area contributed by atoms with Crippen LogP contribution in [0.15, 0.2) is 18.2 Å². The summed E-state index contributed by atoms with van der Waals surface area (Å²) in [5.74, 6) is -0.528. The van der Waals surface area contributed by atoms with E-state index in [0.29, 0.717) is 15.7 Å². The number of benzene rings is 1. The Labute approximate surface area is 114 Å². The van der Waals surface area contributed by atoms with Crippen LogP contribution in [0.25, 0.3) is 0 Å². The maximum atomic E-state index is 11.5. The Hall–Kier alpha value is -1.46. The molecule has 0 aliphatic heterocycles. The summed E-state index contributed by atoms with van der Waals surface area (Å²) in [6.45, 7) is 1.51. The van der Waals surface area contributed by atoms with Crippen LogP contribution in [0.4, 0.5) is 10.5 Å². The van der Waals surface area contributed by atoms with Crippen LogP contribution in [0, 0.1) is 0 Å². The van der Waals surface area contributed by atoms with Crippen LogP contribution in [-0.4, -0.2) is 25.2 Å². The molecular weight excluding hydrogens is 279 g/mol. The van der Waals surface area contributed by atoms with E-state index in [4.69, 9.17) is 23.2 Å². The zero-order valence-corrected chi connectivity index (χ0v) is 11.3. The van der Waals surface area contributed by atoms with Gasteiger partial charge >= 0.3 is 12.0 Å². The van der Waals surface area contributed by atoms with Crippen LogP contribution in [-0.2, 0) is 9.53 Å². The number of esters is 1. The van der Waals surface area contributed by atoms with Gasteiger partial charge in [-0.1, -0.05) is 23.2 Å². The lowest BCUT2D eigenvalue weighted by Crippen LogP contribution is -2.41. The maximum Gasteiger partial charge on any atom is 0.328 e. The number of halogens is 2. The van der Waals surface area contributed by atoms with E-state index >= 15 is 0 Å². The highest BCUT2D eigenvalue weighted by Crippen LogP contribution is 2.24. The van der Waals surface area contributed by atoms with Gasteiger partial charge in [0.2, 0.25) is 0 Å². The predicted molar refractivity (Wildman–Crippen MR) is 70.1 cm³/mol. The van der Waals surface area contributed by atoms with E-state index in [0.717, 1.165) is 0 Å². The van der Waals surface area contributed by atoms with Crippen LogP contribution >= 0.6 is 23.2 Å². The summed E-state index contributed by atoms with van der Waals surface area (Å²) in [7, 11) is 1.25. The molecule has 0 aliphatic carbocycles. The number of anilines is 1. The van der Waals surface area contributed by atoms with Crippen LogP contribution in [0.2, 0.25) is 10.0 Å². The topological polar surface area (TPSA) is 67.4 Å². The second kappa shape index (κ2) is 6.47. The van der Waals surface area contributed by atoms with Crippen LogP contribution in [0.5, 0.6) is 0 Å². The molecule has 1 rings (SSSR count). The number of amides is 2. The minimum Gasteiger partial charge on any atom is -0.467 e. The van der Waals surface area contributed by atoms with Crippen LogP contribution in [0.3, 0.4) is 0 Å². The van der Waals surface area contributed by atoms with Gasteiger partial charge in [-0.2, -0.15) is 0 Å². The molecule has 0 aliphatic rings. The van der Waals surface area contributed by atoms with Gasteiger partial charge in [-0.15, -0.1) is 0 Å². The Balaban J connectivity index is 2.59. The molecule has 1 atom stereocenters. The molecule has 0 radical (unpaired) electrons. The fourth-order valence-corrected chi connectivity index (χ4v) is 1.47. The number of rotatable bonds is 3. The first kappa shape index (κ1) is 14.6. The third kappa shape index (κ3) is 4.09. The molecule has 2 N–H and O–H groups in total. The Morgan fingerprint density at radius 1 is 1.28 bits per heavy atom. The van der Waals surface area contributed by atoms with E-state index in [1.54, 1.807) is 12.1 Å². The van der Waals surface area contributed by atoms with Crippen LogP contribution < -0.4 is 10.6 Å². The first-order chi connectivity index (χ1) is 8.43. The highest BCUT2D eigenvalue weighted by Gasteiger charge is 2.15. The van der Waals surface area contributed by atoms with Crippen molar-refractivity contribution in [3.8, 4) is 0 Å². The molecular formula is C11H12Cl2N2O3. The lowest BCUT2D eigenvalue weighted by molar-refractivity contribution is -0.142. The van der Waals surface area contributed by atoms with E-state index in [9.17, 15) is 9.59 Å². The molecule has 0 aromatic heterocycles. The van der Waals surface area contributed by atoms with Gasteiger partial charge in [0.1, 0.15) is 6.04 Å². The van der Waals surface area contributed by atoms with Gasteiger partial charge in [-0.25, -0.2) is 9.59 Å². The molecule has 0 spiro atoms. The molecule has 1 aromatic carbocycles. The number of nitrogens with one attached hydrogen (secondary N) is 2. The largest absolute Gasteiger partial charge is 0.467 e. The van der Waals surface area contributed by atoms with Crippen molar-refractivity contribution in [3.63, 3.8) is 0 Å². The van der Waals surface area contributed by atoms with Gasteiger partial charge < -0.3 is 15.4 Å². The second-order valence-electron chi connectivity index (χ2n) is 3.47. The lowest BCUT2D eigenvalue weighted by atomic mass is 10.3.